The maximum absolute atomic E-state index is 13.8. The van der Waals surface area contributed by atoms with E-state index < -0.39 is 22.5 Å². The third kappa shape index (κ3) is 6.31. The Bertz CT molecular complexity index is 1360. The summed E-state index contributed by atoms with van der Waals surface area (Å²) < 4.78 is 50.0. The van der Waals surface area contributed by atoms with Crippen LogP contribution in [0.25, 0.3) is 0 Å². The Kier molecular flexibility index (Phi) is 9.46. The Balaban J connectivity index is 1.97. The molecule has 38 heavy (non-hydrogen) atoms. The molecule has 0 fully saturated rings. The van der Waals surface area contributed by atoms with Gasteiger partial charge >= 0.3 is 0 Å². The number of carbonyl (C=O) groups is 1. The first-order chi connectivity index (χ1) is 18.2. The molecule has 1 amide bonds. The number of carbonyl (C=O) groups excluding carboxylic acids is 1. The second-order valence-electron chi connectivity index (χ2n) is 8.51. The molecule has 0 aliphatic rings. The van der Waals surface area contributed by atoms with Gasteiger partial charge in [0.05, 0.1) is 45.1 Å². The van der Waals surface area contributed by atoms with Crippen LogP contribution in [-0.2, 0) is 14.8 Å². The molecule has 0 radical (unpaired) electrons. The molecule has 0 bridgehead atoms. The summed E-state index contributed by atoms with van der Waals surface area (Å²) in [6.07, 6.45) is 0.572. The highest BCUT2D eigenvalue weighted by Crippen LogP contribution is 2.34. The van der Waals surface area contributed by atoms with Crippen LogP contribution in [0.15, 0.2) is 65.6 Å². The van der Waals surface area contributed by atoms with Crippen molar-refractivity contribution in [3.63, 3.8) is 0 Å². The van der Waals surface area contributed by atoms with E-state index in [1.165, 1.54) is 39.5 Å². The Hall–Kier alpha value is -3.92. The minimum Gasteiger partial charge on any atom is -0.493 e. The van der Waals surface area contributed by atoms with Crippen LogP contribution in [0.3, 0.4) is 0 Å². The minimum atomic E-state index is -4.10. The highest BCUT2D eigenvalue weighted by atomic mass is 32.2. The molecule has 9 nitrogen and oxygen atoms in total. The van der Waals surface area contributed by atoms with Crippen molar-refractivity contribution in [1.82, 2.24) is 5.32 Å². The van der Waals surface area contributed by atoms with Gasteiger partial charge in [0.2, 0.25) is 5.91 Å². The van der Waals surface area contributed by atoms with Gasteiger partial charge in [0.25, 0.3) is 10.0 Å². The number of nitrogens with zero attached hydrogens (tertiary/aromatic N) is 1. The summed E-state index contributed by atoms with van der Waals surface area (Å²) in [5.41, 5.74) is 1.98. The lowest BCUT2D eigenvalue weighted by Gasteiger charge is -2.26. The van der Waals surface area contributed by atoms with Crippen molar-refractivity contribution < 1.29 is 32.2 Å². The molecule has 0 spiro atoms. The van der Waals surface area contributed by atoms with E-state index in [-0.39, 0.29) is 16.6 Å². The zero-order chi connectivity index (χ0) is 27.9. The fraction of sp³-hybridized carbons (Fsp3) is 0.321. The van der Waals surface area contributed by atoms with Crippen LogP contribution >= 0.6 is 0 Å². The minimum absolute atomic E-state index is 0.0672. The van der Waals surface area contributed by atoms with Crippen LogP contribution in [0.5, 0.6) is 23.0 Å². The van der Waals surface area contributed by atoms with Crippen LogP contribution in [0.4, 0.5) is 5.69 Å². The van der Waals surface area contributed by atoms with E-state index in [1.54, 1.807) is 43.5 Å². The monoisotopic (exact) mass is 542 g/mol. The van der Waals surface area contributed by atoms with Crippen LogP contribution in [0.1, 0.15) is 30.5 Å². The Morgan fingerprint density at radius 3 is 1.92 bits per heavy atom. The number of rotatable bonds is 12. The predicted molar refractivity (Wildman–Crippen MR) is 146 cm³/mol. The molecule has 0 saturated heterocycles. The zero-order valence-corrected chi connectivity index (χ0v) is 23.3. The van der Waals surface area contributed by atoms with E-state index in [0.717, 1.165) is 15.4 Å². The molecule has 204 valence electrons. The molecule has 3 aromatic carbocycles. The lowest BCUT2D eigenvalue weighted by Crippen LogP contribution is -2.42. The number of benzene rings is 3. The number of hydrogen-bond acceptors (Lipinski definition) is 7. The summed E-state index contributed by atoms with van der Waals surface area (Å²) >= 11 is 0. The summed E-state index contributed by atoms with van der Waals surface area (Å²) in [4.78, 5) is 13.4. The maximum Gasteiger partial charge on any atom is 0.264 e. The molecule has 3 aromatic rings. The van der Waals surface area contributed by atoms with Crippen molar-refractivity contribution in [3.05, 3.63) is 71.8 Å². The van der Waals surface area contributed by atoms with Crippen molar-refractivity contribution in [1.29, 1.82) is 0 Å². The van der Waals surface area contributed by atoms with E-state index in [1.807, 2.05) is 19.9 Å². The molecule has 10 heteroatoms. The van der Waals surface area contributed by atoms with Gasteiger partial charge in [-0.3, -0.25) is 9.10 Å². The summed E-state index contributed by atoms with van der Waals surface area (Å²) in [6.45, 7) is 3.35. The molecular weight excluding hydrogens is 508 g/mol. The average Bonchev–Trinajstić information content (AvgIpc) is 2.93. The van der Waals surface area contributed by atoms with Gasteiger partial charge in [-0.25, -0.2) is 8.42 Å². The van der Waals surface area contributed by atoms with Gasteiger partial charge in [0.15, 0.2) is 23.0 Å². The quantitative estimate of drug-likeness (QED) is 0.360. The summed E-state index contributed by atoms with van der Waals surface area (Å²) in [7, 11) is 1.94. The number of methoxy groups -OCH3 is 4. The van der Waals surface area contributed by atoms with Gasteiger partial charge < -0.3 is 24.3 Å². The van der Waals surface area contributed by atoms with Gasteiger partial charge in [0, 0.05) is 6.07 Å². The smallest absolute Gasteiger partial charge is 0.264 e. The van der Waals surface area contributed by atoms with Crippen molar-refractivity contribution in [2.24, 2.45) is 0 Å². The van der Waals surface area contributed by atoms with E-state index in [2.05, 4.69) is 5.32 Å². The number of nitrogens with one attached hydrogen (secondary N) is 1. The molecule has 0 saturated carbocycles. The number of sulfonamides is 1. The lowest BCUT2D eigenvalue weighted by atomic mass is 10.0. The van der Waals surface area contributed by atoms with Crippen LogP contribution in [0, 0.1) is 6.92 Å². The normalized spacial score (nSPS) is 11.8. The molecule has 0 aliphatic carbocycles. The number of aryl methyl sites for hydroxylation is 1. The highest BCUT2D eigenvalue weighted by Gasteiger charge is 2.29. The molecule has 0 aliphatic heterocycles. The fourth-order valence-electron chi connectivity index (χ4n) is 3.99. The number of ether oxygens (including phenoxy) is 4. The Labute approximate surface area is 224 Å². The molecular formula is C28H34N2O7S. The van der Waals surface area contributed by atoms with Gasteiger partial charge in [-0.2, -0.15) is 0 Å². The average molecular weight is 543 g/mol. The number of amides is 1. The number of hydrogen-bond donors (Lipinski definition) is 1. The second-order valence-corrected chi connectivity index (χ2v) is 10.4. The SMILES string of the molecule is CCC(NC(=O)CN(c1ccc(OC)c(OC)c1)S(=O)(=O)c1ccc(C)cc1)c1ccc(OC)c(OC)c1. The zero-order valence-electron chi connectivity index (χ0n) is 22.5. The summed E-state index contributed by atoms with van der Waals surface area (Å²) in [5, 5.41) is 2.96. The molecule has 1 atom stereocenters. The standard InChI is InChI=1S/C28H34N2O7S/c1-7-23(20-10-14-24(34-3)26(16-20)36-5)29-28(31)18-30(21-11-15-25(35-4)27(17-21)37-6)38(32,33)22-12-8-19(2)9-13-22/h8-17,23H,7,18H2,1-6H3,(H,29,31). The molecule has 1 unspecified atom stereocenters. The molecule has 1 N–H and O–H groups in total. The van der Waals surface area contributed by atoms with Crippen molar-refractivity contribution in [2.45, 2.75) is 31.2 Å². The Morgan fingerprint density at radius 2 is 1.37 bits per heavy atom. The maximum atomic E-state index is 13.8. The first-order valence-electron chi connectivity index (χ1n) is 12.0. The number of anilines is 1. The third-order valence-electron chi connectivity index (χ3n) is 6.10. The first-order valence-corrected chi connectivity index (χ1v) is 13.4. The lowest BCUT2D eigenvalue weighted by molar-refractivity contribution is -0.120. The fourth-order valence-corrected chi connectivity index (χ4v) is 5.41. The van der Waals surface area contributed by atoms with E-state index in [0.29, 0.717) is 29.4 Å². The van der Waals surface area contributed by atoms with Crippen molar-refractivity contribution >= 4 is 21.6 Å². The van der Waals surface area contributed by atoms with Gasteiger partial charge in [-0.1, -0.05) is 30.7 Å². The van der Waals surface area contributed by atoms with Crippen molar-refractivity contribution in [3.8, 4) is 23.0 Å². The molecule has 0 heterocycles. The van der Waals surface area contributed by atoms with Crippen LogP contribution < -0.4 is 28.6 Å². The molecule has 3 rings (SSSR count). The molecule has 0 aromatic heterocycles. The van der Waals surface area contributed by atoms with Crippen molar-refractivity contribution in [2.75, 3.05) is 39.3 Å². The van der Waals surface area contributed by atoms with Crippen LogP contribution in [0.2, 0.25) is 0 Å². The topological polar surface area (TPSA) is 103 Å². The van der Waals surface area contributed by atoms with Crippen LogP contribution in [-0.4, -0.2) is 49.3 Å². The summed E-state index contributed by atoms with van der Waals surface area (Å²) in [6, 6.07) is 16.2. The van der Waals surface area contributed by atoms with Gasteiger partial charge in [-0.15, -0.1) is 0 Å². The Morgan fingerprint density at radius 1 is 0.816 bits per heavy atom. The van der Waals surface area contributed by atoms with E-state index in [4.69, 9.17) is 18.9 Å². The third-order valence-corrected chi connectivity index (χ3v) is 7.89. The van der Waals surface area contributed by atoms with E-state index in [9.17, 15) is 13.2 Å². The van der Waals surface area contributed by atoms with E-state index >= 15 is 0 Å². The van der Waals surface area contributed by atoms with Gasteiger partial charge in [-0.05, 0) is 55.3 Å². The highest BCUT2D eigenvalue weighted by molar-refractivity contribution is 7.92. The summed E-state index contributed by atoms with van der Waals surface area (Å²) in [5.74, 6) is 1.41. The first kappa shape index (κ1) is 28.6. The second kappa shape index (κ2) is 12.6. The predicted octanol–water partition coefficient (Wildman–Crippen LogP) is 4.49. The van der Waals surface area contributed by atoms with Gasteiger partial charge in [0.1, 0.15) is 6.54 Å². The largest absolute Gasteiger partial charge is 0.493 e.